The van der Waals surface area contributed by atoms with Gasteiger partial charge in [0.05, 0.1) is 23.5 Å². The van der Waals surface area contributed by atoms with E-state index in [9.17, 15) is 0 Å². The Bertz CT molecular complexity index is 536. The van der Waals surface area contributed by atoms with E-state index >= 15 is 0 Å². The lowest BCUT2D eigenvalue weighted by Crippen LogP contribution is -2.08. The Labute approximate surface area is 100 Å². The van der Waals surface area contributed by atoms with Gasteiger partial charge in [-0.3, -0.25) is 4.68 Å². The van der Waals surface area contributed by atoms with E-state index in [0.717, 1.165) is 17.9 Å². The molecule has 2 rings (SSSR count). The summed E-state index contributed by atoms with van der Waals surface area (Å²) in [5.41, 5.74) is 2.63. The number of nitrogens with one attached hydrogen (secondary N) is 1. The second kappa shape index (κ2) is 5.17. The molecule has 0 unspecified atom stereocenters. The minimum atomic E-state index is 0.662. The third kappa shape index (κ3) is 2.45. The van der Waals surface area contributed by atoms with Crippen molar-refractivity contribution in [2.45, 2.75) is 20.0 Å². The molecule has 0 aliphatic rings. The van der Waals surface area contributed by atoms with Crippen molar-refractivity contribution < 1.29 is 0 Å². The van der Waals surface area contributed by atoms with Crippen molar-refractivity contribution in [2.24, 2.45) is 0 Å². The molecule has 0 fully saturated rings. The highest BCUT2D eigenvalue weighted by Gasteiger charge is 2.03. The van der Waals surface area contributed by atoms with Crippen LogP contribution in [0.2, 0.25) is 0 Å². The highest BCUT2D eigenvalue weighted by molar-refractivity contribution is 5.57. The summed E-state index contributed by atoms with van der Waals surface area (Å²) in [6.07, 6.45) is 1.79. The van der Waals surface area contributed by atoms with Gasteiger partial charge in [0.1, 0.15) is 6.07 Å². The fraction of sp³-hybridized carbons (Fsp3) is 0.231. The van der Waals surface area contributed by atoms with Crippen molar-refractivity contribution in [1.29, 1.82) is 5.26 Å². The molecule has 0 aliphatic heterocycles. The highest BCUT2D eigenvalue weighted by atomic mass is 15.3. The van der Waals surface area contributed by atoms with Crippen LogP contribution >= 0.6 is 0 Å². The number of aryl methyl sites for hydroxylation is 1. The Hall–Kier alpha value is -2.28. The first-order chi connectivity index (χ1) is 8.35. The maximum atomic E-state index is 8.97. The number of hydrogen-bond donors (Lipinski definition) is 1. The van der Waals surface area contributed by atoms with Crippen LogP contribution in [-0.4, -0.2) is 9.78 Å². The van der Waals surface area contributed by atoms with Crippen LogP contribution in [0.1, 0.15) is 18.2 Å². The van der Waals surface area contributed by atoms with Gasteiger partial charge in [0, 0.05) is 12.7 Å². The second-order valence-electron chi connectivity index (χ2n) is 3.65. The number of anilines is 1. The molecule has 17 heavy (non-hydrogen) atoms. The largest absolute Gasteiger partial charge is 0.378 e. The maximum Gasteiger partial charge on any atom is 0.101 e. The zero-order chi connectivity index (χ0) is 12.1. The number of nitrogens with zero attached hydrogens (tertiary/aromatic N) is 3. The summed E-state index contributed by atoms with van der Waals surface area (Å²) in [6, 6.07) is 11.6. The van der Waals surface area contributed by atoms with Crippen molar-refractivity contribution in [2.75, 3.05) is 5.32 Å². The molecule has 0 aliphatic carbocycles. The first kappa shape index (κ1) is 11.2. The van der Waals surface area contributed by atoms with Crippen molar-refractivity contribution in [3.63, 3.8) is 0 Å². The van der Waals surface area contributed by atoms with Gasteiger partial charge in [-0.25, -0.2) is 0 Å². The molecule has 0 amide bonds. The minimum Gasteiger partial charge on any atom is -0.378 e. The molecular weight excluding hydrogens is 212 g/mol. The molecule has 0 bridgehead atoms. The van der Waals surface area contributed by atoms with E-state index in [4.69, 9.17) is 5.26 Å². The van der Waals surface area contributed by atoms with Gasteiger partial charge < -0.3 is 5.32 Å². The Morgan fingerprint density at radius 1 is 1.35 bits per heavy atom. The van der Waals surface area contributed by atoms with Gasteiger partial charge >= 0.3 is 0 Å². The van der Waals surface area contributed by atoms with Crippen LogP contribution in [0.15, 0.2) is 36.5 Å². The fourth-order valence-electron chi connectivity index (χ4n) is 1.72. The average molecular weight is 226 g/mol. The number of benzene rings is 1. The molecule has 0 spiro atoms. The predicted octanol–water partition coefficient (Wildman–Crippen LogP) is 2.39. The Kier molecular flexibility index (Phi) is 3.41. The van der Waals surface area contributed by atoms with Gasteiger partial charge in [0.25, 0.3) is 0 Å². The molecule has 0 atom stereocenters. The quantitative estimate of drug-likeness (QED) is 0.870. The topological polar surface area (TPSA) is 53.6 Å². The molecule has 4 nitrogen and oxygen atoms in total. The first-order valence-corrected chi connectivity index (χ1v) is 5.59. The minimum absolute atomic E-state index is 0.662. The Balaban J connectivity index is 2.10. The van der Waals surface area contributed by atoms with Gasteiger partial charge in [0.2, 0.25) is 0 Å². The van der Waals surface area contributed by atoms with Crippen LogP contribution in [0.3, 0.4) is 0 Å². The smallest absolute Gasteiger partial charge is 0.101 e. The van der Waals surface area contributed by atoms with Gasteiger partial charge in [-0.1, -0.05) is 12.1 Å². The summed E-state index contributed by atoms with van der Waals surface area (Å²) in [6.45, 7) is 3.58. The van der Waals surface area contributed by atoms with Crippen LogP contribution in [0.25, 0.3) is 0 Å². The van der Waals surface area contributed by atoms with Crippen molar-refractivity contribution in [1.82, 2.24) is 9.78 Å². The zero-order valence-corrected chi connectivity index (χ0v) is 9.72. The van der Waals surface area contributed by atoms with Crippen molar-refractivity contribution in [3.05, 3.63) is 47.8 Å². The van der Waals surface area contributed by atoms with Gasteiger partial charge in [0.15, 0.2) is 0 Å². The van der Waals surface area contributed by atoms with E-state index < -0.39 is 0 Å². The molecule has 4 heteroatoms. The molecule has 86 valence electrons. The summed E-state index contributed by atoms with van der Waals surface area (Å²) >= 11 is 0. The van der Waals surface area contributed by atoms with Crippen LogP contribution in [0.4, 0.5) is 5.69 Å². The molecule has 1 heterocycles. The number of para-hydroxylation sites is 1. The van der Waals surface area contributed by atoms with Crippen LogP contribution < -0.4 is 5.32 Å². The molecule has 0 saturated carbocycles. The third-order valence-electron chi connectivity index (χ3n) is 2.61. The van der Waals surface area contributed by atoms with Crippen molar-refractivity contribution in [3.8, 4) is 6.07 Å². The van der Waals surface area contributed by atoms with Crippen LogP contribution in [-0.2, 0) is 13.1 Å². The summed E-state index contributed by atoms with van der Waals surface area (Å²) in [5.74, 6) is 0. The predicted molar refractivity (Wildman–Crippen MR) is 66.4 cm³/mol. The monoisotopic (exact) mass is 226 g/mol. The normalized spacial score (nSPS) is 9.88. The summed E-state index contributed by atoms with van der Waals surface area (Å²) in [4.78, 5) is 0. The highest BCUT2D eigenvalue weighted by Crippen LogP contribution is 2.14. The maximum absolute atomic E-state index is 8.97. The van der Waals surface area contributed by atoms with E-state index in [0.29, 0.717) is 12.1 Å². The lowest BCUT2D eigenvalue weighted by atomic mass is 10.2. The zero-order valence-electron chi connectivity index (χ0n) is 9.72. The second-order valence-corrected chi connectivity index (χ2v) is 3.65. The Morgan fingerprint density at radius 3 is 2.94 bits per heavy atom. The summed E-state index contributed by atoms with van der Waals surface area (Å²) < 4.78 is 1.93. The van der Waals surface area contributed by atoms with E-state index in [1.807, 2.05) is 28.9 Å². The molecule has 0 radical (unpaired) electrons. The molecule has 1 N–H and O–H groups in total. The first-order valence-electron chi connectivity index (χ1n) is 5.59. The standard InChI is InChI=1S/C13H14N4/c1-2-17-12(7-8-16-17)10-15-13-6-4-3-5-11(13)9-14/h3-8,15H,2,10H2,1H3. The van der Waals surface area contributed by atoms with E-state index in [1.54, 1.807) is 12.3 Å². The fourth-order valence-corrected chi connectivity index (χ4v) is 1.72. The molecule has 0 saturated heterocycles. The number of hydrogen-bond acceptors (Lipinski definition) is 3. The van der Waals surface area contributed by atoms with E-state index in [-0.39, 0.29) is 0 Å². The van der Waals surface area contributed by atoms with Gasteiger partial charge in [-0.05, 0) is 25.1 Å². The van der Waals surface area contributed by atoms with E-state index in [1.165, 1.54) is 0 Å². The van der Waals surface area contributed by atoms with Crippen molar-refractivity contribution >= 4 is 5.69 Å². The van der Waals surface area contributed by atoms with E-state index in [2.05, 4.69) is 23.4 Å². The molecule has 1 aromatic heterocycles. The lowest BCUT2D eigenvalue weighted by Gasteiger charge is -2.09. The van der Waals surface area contributed by atoms with Gasteiger partial charge in [-0.15, -0.1) is 0 Å². The number of rotatable bonds is 4. The third-order valence-corrected chi connectivity index (χ3v) is 2.61. The average Bonchev–Trinajstić information content (AvgIpc) is 2.84. The lowest BCUT2D eigenvalue weighted by molar-refractivity contribution is 0.627. The summed E-state index contributed by atoms with van der Waals surface area (Å²) in [7, 11) is 0. The number of nitriles is 1. The van der Waals surface area contributed by atoms with Crippen LogP contribution in [0, 0.1) is 11.3 Å². The molecule has 2 aromatic rings. The Morgan fingerprint density at radius 2 is 2.18 bits per heavy atom. The van der Waals surface area contributed by atoms with Gasteiger partial charge in [-0.2, -0.15) is 10.4 Å². The van der Waals surface area contributed by atoms with Crippen LogP contribution in [0.5, 0.6) is 0 Å². The molecular formula is C13H14N4. The number of aromatic nitrogens is 2. The SMILES string of the molecule is CCn1nccc1CNc1ccccc1C#N. The molecule has 1 aromatic carbocycles. The summed E-state index contributed by atoms with van der Waals surface area (Å²) in [5, 5.41) is 16.4.